The van der Waals surface area contributed by atoms with E-state index < -0.39 is 22.0 Å². The van der Waals surface area contributed by atoms with E-state index in [0.29, 0.717) is 6.61 Å². The first-order valence-corrected chi connectivity index (χ1v) is 8.87. The number of carbonyl (C=O) groups is 1. The van der Waals surface area contributed by atoms with Crippen molar-refractivity contribution in [3.8, 4) is 0 Å². The number of carboxylic acid groups (broad SMARTS) is 1. The molecule has 0 aliphatic heterocycles. The minimum absolute atomic E-state index is 0.0625. The molecule has 0 aliphatic rings. The Hall–Kier alpha value is -1.44. The van der Waals surface area contributed by atoms with Crippen LogP contribution in [0.5, 0.6) is 0 Å². The van der Waals surface area contributed by atoms with Crippen LogP contribution in [-0.4, -0.2) is 55.4 Å². The maximum Gasteiger partial charge on any atom is 0.322 e. The molecule has 1 rings (SSSR count). The van der Waals surface area contributed by atoms with Crippen molar-refractivity contribution in [2.45, 2.75) is 26.3 Å². The van der Waals surface area contributed by atoms with Crippen LogP contribution in [-0.2, 0) is 26.0 Å². The first-order valence-electron chi connectivity index (χ1n) is 7.26. The molecule has 0 saturated carbocycles. The number of carboxylic acids is 1. The van der Waals surface area contributed by atoms with Gasteiger partial charge in [-0.2, -0.15) is 4.31 Å². The Bertz CT molecular complexity index is 559. The van der Waals surface area contributed by atoms with Gasteiger partial charge in [0.05, 0.1) is 12.4 Å². The zero-order valence-electron chi connectivity index (χ0n) is 12.9. The van der Waals surface area contributed by atoms with Crippen LogP contribution in [0.2, 0.25) is 0 Å². The number of nitrogens with zero attached hydrogens (tertiary/aromatic N) is 1. The fraction of sp³-hybridized carbons (Fsp3) is 0.533. The Morgan fingerprint density at radius 3 is 2.41 bits per heavy atom. The summed E-state index contributed by atoms with van der Waals surface area (Å²) in [5.74, 6) is -1.36. The molecule has 124 valence electrons. The van der Waals surface area contributed by atoms with E-state index in [1.165, 1.54) is 0 Å². The number of hydrogen-bond acceptors (Lipinski definition) is 4. The van der Waals surface area contributed by atoms with Gasteiger partial charge in [0.15, 0.2) is 0 Å². The lowest BCUT2D eigenvalue weighted by Crippen LogP contribution is -2.47. The number of benzene rings is 1. The van der Waals surface area contributed by atoms with Crippen molar-refractivity contribution >= 4 is 16.0 Å². The molecule has 0 amide bonds. The van der Waals surface area contributed by atoms with Gasteiger partial charge in [0.1, 0.15) is 6.04 Å². The van der Waals surface area contributed by atoms with Crippen molar-refractivity contribution in [2.24, 2.45) is 0 Å². The lowest BCUT2D eigenvalue weighted by molar-refractivity contribution is -0.141. The summed E-state index contributed by atoms with van der Waals surface area (Å²) < 4.78 is 30.8. The van der Waals surface area contributed by atoms with Gasteiger partial charge in [0.2, 0.25) is 10.0 Å². The smallest absolute Gasteiger partial charge is 0.322 e. The Balaban J connectivity index is 2.93. The van der Waals surface area contributed by atoms with Crippen molar-refractivity contribution in [1.82, 2.24) is 4.31 Å². The van der Waals surface area contributed by atoms with Crippen LogP contribution in [0.4, 0.5) is 0 Å². The van der Waals surface area contributed by atoms with Crippen LogP contribution in [0.25, 0.3) is 0 Å². The van der Waals surface area contributed by atoms with E-state index in [1.54, 1.807) is 38.1 Å². The molecule has 0 saturated heterocycles. The largest absolute Gasteiger partial charge is 0.480 e. The standard InChI is InChI=1S/C15H23NO5S/c1-3-16(22(19,20)11-10-21-4-2)14(15(17)18)12-13-8-6-5-7-9-13/h5-9,14H,3-4,10-12H2,1-2H3,(H,17,18)/t14-/m1/s1. The van der Waals surface area contributed by atoms with Crippen molar-refractivity contribution < 1.29 is 23.1 Å². The van der Waals surface area contributed by atoms with E-state index in [9.17, 15) is 18.3 Å². The normalized spacial score (nSPS) is 13.2. The Labute approximate surface area is 131 Å². The fourth-order valence-electron chi connectivity index (χ4n) is 2.19. The molecule has 1 N–H and O–H groups in total. The summed E-state index contributed by atoms with van der Waals surface area (Å²) in [5, 5.41) is 9.43. The number of likely N-dealkylation sites (N-methyl/N-ethyl adjacent to an activating group) is 1. The van der Waals surface area contributed by atoms with Gasteiger partial charge in [-0.15, -0.1) is 0 Å². The molecular formula is C15H23NO5S. The number of hydrogen-bond donors (Lipinski definition) is 1. The van der Waals surface area contributed by atoms with Crippen molar-refractivity contribution in [3.05, 3.63) is 35.9 Å². The second-order valence-electron chi connectivity index (χ2n) is 4.76. The van der Waals surface area contributed by atoms with Gasteiger partial charge in [-0.1, -0.05) is 37.3 Å². The molecule has 0 unspecified atom stereocenters. The monoisotopic (exact) mass is 329 g/mol. The minimum atomic E-state index is -3.68. The highest BCUT2D eigenvalue weighted by Gasteiger charge is 2.33. The van der Waals surface area contributed by atoms with Gasteiger partial charge >= 0.3 is 5.97 Å². The van der Waals surface area contributed by atoms with Crippen LogP contribution in [0.3, 0.4) is 0 Å². The van der Waals surface area contributed by atoms with Gasteiger partial charge in [-0.25, -0.2) is 8.42 Å². The number of aliphatic carboxylic acids is 1. The van der Waals surface area contributed by atoms with Crippen LogP contribution in [0.1, 0.15) is 19.4 Å². The highest BCUT2D eigenvalue weighted by Crippen LogP contribution is 2.14. The Morgan fingerprint density at radius 1 is 1.27 bits per heavy atom. The highest BCUT2D eigenvalue weighted by atomic mass is 32.2. The van der Waals surface area contributed by atoms with E-state index in [2.05, 4.69) is 0 Å². The van der Waals surface area contributed by atoms with Crippen LogP contribution >= 0.6 is 0 Å². The average molecular weight is 329 g/mol. The third-order valence-corrected chi connectivity index (χ3v) is 5.17. The maximum atomic E-state index is 12.4. The third kappa shape index (κ3) is 5.40. The first kappa shape index (κ1) is 18.6. The van der Waals surface area contributed by atoms with Crippen molar-refractivity contribution in [3.63, 3.8) is 0 Å². The summed E-state index contributed by atoms with van der Waals surface area (Å²) in [4.78, 5) is 11.5. The summed E-state index contributed by atoms with van der Waals surface area (Å²) in [7, 11) is -3.68. The van der Waals surface area contributed by atoms with Gasteiger partial charge in [-0.3, -0.25) is 4.79 Å². The summed E-state index contributed by atoms with van der Waals surface area (Å²) >= 11 is 0. The lowest BCUT2D eigenvalue weighted by atomic mass is 10.1. The molecular weight excluding hydrogens is 306 g/mol. The second-order valence-corrected chi connectivity index (χ2v) is 6.80. The fourth-order valence-corrected chi connectivity index (χ4v) is 3.70. The van der Waals surface area contributed by atoms with Crippen molar-refractivity contribution in [2.75, 3.05) is 25.5 Å². The van der Waals surface area contributed by atoms with Gasteiger partial charge < -0.3 is 9.84 Å². The minimum Gasteiger partial charge on any atom is -0.480 e. The predicted octanol–water partition coefficient (Wildman–Crippen LogP) is 1.37. The van der Waals surface area contributed by atoms with Crippen LogP contribution < -0.4 is 0 Å². The molecule has 0 fully saturated rings. The molecule has 0 aliphatic carbocycles. The summed E-state index contributed by atoms with van der Waals surface area (Å²) in [5.41, 5.74) is 0.786. The molecule has 0 bridgehead atoms. The third-order valence-electron chi connectivity index (χ3n) is 3.26. The van der Waals surface area contributed by atoms with Gasteiger partial charge in [0.25, 0.3) is 0 Å². The lowest BCUT2D eigenvalue weighted by Gasteiger charge is -2.27. The quantitative estimate of drug-likeness (QED) is 0.656. The molecule has 1 aromatic rings. The first-order chi connectivity index (χ1) is 10.4. The molecule has 1 aromatic carbocycles. The molecule has 22 heavy (non-hydrogen) atoms. The highest BCUT2D eigenvalue weighted by molar-refractivity contribution is 7.89. The van der Waals surface area contributed by atoms with E-state index >= 15 is 0 Å². The average Bonchev–Trinajstić information content (AvgIpc) is 2.47. The molecule has 1 atom stereocenters. The number of rotatable bonds is 10. The van der Waals surface area contributed by atoms with E-state index in [1.807, 2.05) is 6.07 Å². The zero-order valence-corrected chi connectivity index (χ0v) is 13.8. The molecule has 0 aromatic heterocycles. The maximum absolute atomic E-state index is 12.4. The summed E-state index contributed by atoms with van der Waals surface area (Å²) in [6, 6.07) is 7.89. The summed E-state index contributed by atoms with van der Waals surface area (Å²) in [6.07, 6.45) is 0.137. The van der Waals surface area contributed by atoms with Crippen LogP contribution in [0, 0.1) is 0 Å². The SMILES string of the molecule is CCOCCS(=O)(=O)N(CC)[C@H](Cc1ccccc1)C(=O)O. The van der Waals surface area contributed by atoms with Gasteiger partial charge in [0, 0.05) is 13.2 Å². The molecule has 0 heterocycles. The van der Waals surface area contributed by atoms with E-state index in [-0.39, 0.29) is 25.3 Å². The predicted molar refractivity (Wildman–Crippen MR) is 84.2 cm³/mol. The van der Waals surface area contributed by atoms with E-state index in [0.717, 1.165) is 9.87 Å². The second kappa shape index (κ2) is 8.87. The zero-order chi connectivity index (χ0) is 16.6. The molecule has 7 heteroatoms. The number of sulfonamides is 1. The molecule has 0 spiro atoms. The van der Waals surface area contributed by atoms with Crippen molar-refractivity contribution in [1.29, 1.82) is 0 Å². The Kier molecular flexibility index (Phi) is 7.50. The topological polar surface area (TPSA) is 83.9 Å². The van der Waals surface area contributed by atoms with Gasteiger partial charge in [-0.05, 0) is 18.9 Å². The van der Waals surface area contributed by atoms with E-state index in [4.69, 9.17) is 4.74 Å². The van der Waals surface area contributed by atoms with Crippen LogP contribution in [0.15, 0.2) is 30.3 Å². The summed E-state index contributed by atoms with van der Waals surface area (Å²) in [6.45, 7) is 4.01. The number of ether oxygens (including phenoxy) is 1. The molecule has 0 radical (unpaired) electrons. The molecule has 6 nitrogen and oxygen atoms in total. The Morgan fingerprint density at radius 2 is 1.91 bits per heavy atom.